The number of nitrogens with zero attached hydrogens (tertiary/aromatic N) is 3. The van der Waals surface area contributed by atoms with Crippen LogP contribution in [-0.4, -0.2) is 34.5 Å². The van der Waals surface area contributed by atoms with E-state index in [0.29, 0.717) is 5.92 Å². The van der Waals surface area contributed by atoms with Crippen molar-refractivity contribution in [1.29, 1.82) is 0 Å². The molecule has 1 unspecified atom stereocenters. The minimum absolute atomic E-state index is 0.577. The van der Waals surface area contributed by atoms with Gasteiger partial charge in [0.2, 0.25) is 0 Å². The Hall–Kier alpha value is -1.48. The zero-order valence-electron chi connectivity index (χ0n) is 13.2. The average molecular weight is 283 g/mol. The Morgan fingerprint density at radius 1 is 1.29 bits per heavy atom. The van der Waals surface area contributed by atoms with Gasteiger partial charge in [-0.25, -0.2) is 4.98 Å². The number of rotatable bonds is 4. The predicted octanol–water partition coefficient (Wildman–Crippen LogP) is 3.49. The lowest BCUT2D eigenvalue weighted by atomic mass is 9.97. The van der Waals surface area contributed by atoms with Crippen LogP contribution in [0.5, 0.6) is 0 Å². The van der Waals surface area contributed by atoms with Gasteiger partial charge in [-0.3, -0.25) is 4.98 Å². The van der Waals surface area contributed by atoms with E-state index < -0.39 is 0 Å². The van der Waals surface area contributed by atoms with Gasteiger partial charge in [-0.2, -0.15) is 0 Å². The smallest absolute Gasteiger partial charge is 0.0849 e. The van der Waals surface area contributed by atoms with E-state index in [2.05, 4.69) is 43.1 Å². The zero-order valence-corrected chi connectivity index (χ0v) is 13.2. The van der Waals surface area contributed by atoms with Crippen molar-refractivity contribution >= 4 is 12.2 Å². The first-order chi connectivity index (χ1) is 10.2. The largest absolute Gasteiger partial charge is 0.303 e. The van der Waals surface area contributed by atoms with Crippen molar-refractivity contribution in [2.24, 2.45) is 5.92 Å². The van der Waals surface area contributed by atoms with Crippen molar-refractivity contribution in [1.82, 2.24) is 14.9 Å². The second kappa shape index (κ2) is 6.52. The highest BCUT2D eigenvalue weighted by atomic mass is 15.1. The third-order valence-electron chi connectivity index (χ3n) is 4.39. The highest BCUT2D eigenvalue weighted by molar-refractivity contribution is 5.55. The molecule has 2 heterocycles. The van der Waals surface area contributed by atoms with Crippen LogP contribution in [0.3, 0.4) is 0 Å². The molecule has 0 bridgehead atoms. The Morgan fingerprint density at radius 3 is 2.90 bits per heavy atom. The normalized spacial score (nSPS) is 22.1. The summed E-state index contributed by atoms with van der Waals surface area (Å²) in [4.78, 5) is 12.1. The molecule has 0 amide bonds. The molecule has 3 heteroatoms. The molecule has 3 rings (SSSR count). The van der Waals surface area contributed by atoms with E-state index in [-0.39, 0.29) is 0 Å². The van der Waals surface area contributed by atoms with Crippen LogP contribution in [0, 0.1) is 12.8 Å². The van der Waals surface area contributed by atoms with Crippen LogP contribution in [0.2, 0.25) is 0 Å². The first-order valence-electron chi connectivity index (χ1n) is 8.17. The number of aromatic nitrogens is 2. The van der Waals surface area contributed by atoms with E-state index in [1.165, 1.54) is 32.5 Å². The number of hydrogen-bond acceptors (Lipinski definition) is 3. The third-order valence-corrected chi connectivity index (χ3v) is 4.39. The molecule has 1 aromatic heterocycles. The molecule has 1 aromatic rings. The van der Waals surface area contributed by atoms with Crippen molar-refractivity contribution in [2.45, 2.75) is 39.5 Å². The monoisotopic (exact) mass is 283 g/mol. The molecule has 1 saturated heterocycles. The van der Waals surface area contributed by atoms with Gasteiger partial charge in [-0.05, 0) is 63.8 Å². The first-order valence-corrected chi connectivity index (χ1v) is 8.17. The fourth-order valence-electron chi connectivity index (χ4n) is 3.12. The van der Waals surface area contributed by atoms with Gasteiger partial charge in [-0.15, -0.1) is 0 Å². The minimum atomic E-state index is 0.577. The van der Waals surface area contributed by atoms with Crippen LogP contribution in [0.1, 0.15) is 49.0 Å². The lowest BCUT2D eigenvalue weighted by Gasteiger charge is -2.15. The summed E-state index contributed by atoms with van der Waals surface area (Å²) in [5.74, 6) is 0.577. The fourth-order valence-corrected chi connectivity index (χ4v) is 3.12. The summed E-state index contributed by atoms with van der Waals surface area (Å²) < 4.78 is 0. The molecule has 0 radical (unpaired) electrons. The molecule has 2 aliphatic rings. The molecule has 1 atom stereocenters. The van der Waals surface area contributed by atoms with Crippen molar-refractivity contribution in [3.05, 3.63) is 34.9 Å². The van der Waals surface area contributed by atoms with Gasteiger partial charge in [0.25, 0.3) is 0 Å². The van der Waals surface area contributed by atoms with E-state index in [1.54, 1.807) is 0 Å². The quantitative estimate of drug-likeness (QED) is 0.847. The van der Waals surface area contributed by atoms with E-state index in [9.17, 15) is 0 Å². The Kier molecular flexibility index (Phi) is 4.49. The number of aryl methyl sites for hydroxylation is 1. The Bertz CT molecular complexity index is 554. The van der Waals surface area contributed by atoms with Crippen LogP contribution < -0.4 is 0 Å². The van der Waals surface area contributed by atoms with Crippen molar-refractivity contribution in [3.8, 4) is 0 Å². The summed E-state index contributed by atoms with van der Waals surface area (Å²) in [6.07, 6.45) is 13.6. The van der Waals surface area contributed by atoms with Crippen LogP contribution >= 0.6 is 0 Å². The van der Waals surface area contributed by atoms with Gasteiger partial charge in [-0.1, -0.05) is 19.1 Å². The molecule has 0 saturated carbocycles. The van der Waals surface area contributed by atoms with Gasteiger partial charge in [0.15, 0.2) is 0 Å². The SMILES string of the molecule is Cc1nc2c(nc1/C=C/CCN1CCCC1)C=CC(C)C2. The third kappa shape index (κ3) is 3.59. The molecular formula is C18H25N3. The summed E-state index contributed by atoms with van der Waals surface area (Å²) in [7, 11) is 0. The van der Waals surface area contributed by atoms with E-state index in [0.717, 1.165) is 35.6 Å². The Labute approximate surface area is 127 Å². The van der Waals surface area contributed by atoms with E-state index >= 15 is 0 Å². The van der Waals surface area contributed by atoms with Gasteiger partial charge >= 0.3 is 0 Å². The number of hydrogen-bond donors (Lipinski definition) is 0. The average Bonchev–Trinajstić information content (AvgIpc) is 2.97. The summed E-state index contributed by atoms with van der Waals surface area (Å²) in [6.45, 7) is 8.01. The van der Waals surface area contributed by atoms with Gasteiger partial charge < -0.3 is 4.90 Å². The number of fused-ring (bicyclic) bond motifs is 1. The number of likely N-dealkylation sites (tertiary alicyclic amines) is 1. The second-order valence-electron chi connectivity index (χ2n) is 6.31. The first kappa shape index (κ1) is 14.5. The molecule has 1 fully saturated rings. The maximum Gasteiger partial charge on any atom is 0.0849 e. The second-order valence-corrected chi connectivity index (χ2v) is 6.31. The molecule has 21 heavy (non-hydrogen) atoms. The van der Waals surface area contributed by atoms with Gasteiger partial charge in [0, 0.05) is 6.54 Å². The fraction of sp³-hybridized carbons (Fsp3) is 0.556. The molecule has 1 aliphatic heterocycles. The molecule has 0 aromatic carbocycles. The van der Waals surface area contributed by atoms with Crippen molar-refractivity contribution < 1.29 is 0 Å². The highest BCUT2D eigenvalue weighted by Crippen LogP contribution is 2.21. The van der Waals surface area contributed by atoms with E-state index in [1.807, 2.05) is 0 Å². The van der Waals surface area contributed by atoms with Gasteiger partial charge in [0.1, 0.15) is 0 Å². The molecule has 0 N–H and O–H groups in total. The zero-order chi connectivity index (χ0) is 14.7. The molecular weight excluding hydrogens is 258 g/mol. The van der Waals surface area contributed by atoms with Crippen LogP contribution in [-0.2, 0) is 6.42 Å². The minimum Gasteiger partial charge on any atom is -0.303 e. The van der Waals surface area contributed by atoms with E-state index in [4.69, 9.17) is 9.97 Å². The highest BCUT2D eigenvalue weighted by Gasteiger charge is 2.14. The van der Waals surface area contributed by atoms with Crippen LogP contribution in [0.4, 0.5) is 0 Å². The summed E-state index contributed by atoms with van der Waals surface area (Å²) in [5.41, 5.74) is 4.28. The van der Waals surface area contributed by atoms with Crippen LogP contribution in [0.25, 0.3) is 12.2 Å². The summed E-state index contributed by atoms with van der Waals surface area (Å²) in [6, 6.07) is 0. The Morgan fingerprint density at radius 2 is 2.10 bits per heavy atom. The maximum atomic E-state index is 4.77. The maximum absolute atomic E-state index is 4.77. The van der Waals surface area contributed by atoms with Crippen molar-refractivity contribution in [2.75, 3.05) is 19.6 Å². The molecule has 1 aliphatic carbocycles. The molecule has 112 valence electrons. The predicted molar refractivity (Wildman–Crippen MR) is 88.0 cm³/mol. The lowest BCUT2D eigenvalue weighted by molar-refractivity contribution is 0.346. The summed E-state index contributed by atoms with van der Waals surface area (Å²) >= 11 is 0. The topological polar surface area (TPSA) is 29.0 Å². The number of allylic oxidation sites excluding steroid dienone is 1. The lowest BCUT2D eigenvalue weighted by Crippen LogP contribution is -2.19. The van der Waals surface area contributed by atoms with Gasteiger partial charge in [0.05, 0.1) is 22.8 Å². The standard InChI is InChI=1S/C18H25N3/c1-14-8-9-17-18(13-14)19-15(2)16(20-17)7-3-4-10-21-11-5-6-12-21/h3,7-9,14H,4-6,10-13H2,1-2H3/b7-3+. The van der Waals surface area contributed by atoms with Crippen LogP contribution in [0.15, 0.2) is 12.2 Å². The van der Waals surface area contributed by atoms with Crippen molar-refractivity contribution in [3.63, 3.8) is 0 Å². The molecule has 0 spiro atoms. The molecule has 3 nitrogen and oxygen atoms in total. The summed E-state index contributed by atoms with van der Waals surface area (Å²) in [5, 5.41) is 0. The Balaban J connectivity index is 1.64.